The van der Waals surface area contributed by atoms with Gasteiger partial charge in [-0.05, 0) is 18.2 Å². The predicted molar refractivity (Wildman–Crippen MR) is 96.6 cm³/mol. The highest BCUT2D eigenvalue weighted by Gasteiger charge is 2.21. The third-order valence-corrected chi connectivity index (χ3v) is 5.23. The van der Waals surface area contributed by atoms with Crippen molar-refractivity contribution in [3.8, 4) is 0 Å². The van der Waals surface area contributed by atoms with E-state index >= 15 is 0 Å². The average molecular weight is 364 g/mol. The van der Waals surface area contributed by atoms with Crippen LogP contribution in [0.3, 0.4) is 0 Å². The fourth-order valence-corrected chi connectivity index (χ4v) is 4.08. The quantitative estimate of drug-likeness (QED) is 0.851. The maximum absolute atomic E-state index is 12.0. The number of nitrogens with one attached hydrogen (secondary N) is 2. The van der Waals surface area contributed by atoms with Crippen molar-refractivity contribution in [3.05, 3.63) is 18.2 Å². The Morgan fingerprint density at radius 1 is 1.33 bits per heavy atom. The third-order valence-electron chi connectivity index (χ3n) is 3.41. The molecule has 0 unspecified atom stereocenters. The molecule has 1 fully saturated rings. The normalized spacial score (nSPS) is 14.2. The summed E-state index contributed by atoms with van der Waals surface area (Å²) in [5.41, 5.74) is 1.46. The summed E-state index contributed by atoms with van der Waals surface area (Å²) >= 11 is 2.63. The van der Waals surface area contributed by atoms with Gasteiger partial charge in [-0.2, -0.15) is 0 Å². The Balaban J connectivity index is 1.61. The number of hydrogen-bond donors (Lipinski definition) is 2. The molecule has 2 aromatic rings. The molecule has 0 radical (unpaired) electrons. The van der Waals surface area contributed by atoms with Crippen LogP contribution in [0, 0.1) is 0 Å². The predicted octanol–water partition coefficient (Wildman–Crippen LogP) is 2.75. The molecule has 2 heterocycles. The summed E-state index contributed by atoms with van der Waals surface area (Å²) < 4.78 is 0.877. The van der Waals surface area contributed by atoms with Crippen molar-refractivity contribution < 1.29 is 14.4 Å². The first-order valence-electron chi connectivity index (χ1n) is 7.41. The van der Waals surface area contributed by atoms with Crippen molar-refractivity contribution >= 4 is 61.2 Å². The van der Waals surface area contributed by atoms with Crippen molar-refractivity contribution in [2.75, 3.05) is 29.5 Å². The van der Waals surface area contributed by atoms with Gasteiger partial charge in [-0.15, -0.1) is 0 Å². The number of carbonyl (C=O) groups excluding carboxylic acids is 3. The van der Waals surface area contributed by atoms with Crippen LogP contribution >= 0.6 is 23.1 Å². The molecule has 1 aromatic carbocycles. The van der Waals surface area contributed by atoms with Gasteiger partial charge in [-0.1, -0.05) is 23.1 Å². The second kappa shape index (κ2) is 7.18. The molecule has 24 heavy (non-hydrogen) atoms. The van der Waals surface area contributed by atoms with Crippen LogP contribution in [0.4, 0.5) is 15.6 Å². The Hall–Kier alpha value is -2.13. The van der Waals surface area contributed by atoms with Crippen molar-refractivity contribution in [2.24, 2.45) is 0 Å². The molecule has 9 heteroatoms. The lowest BCUT2D eigenvalue weighted by Gasteiger charge is -2.13. The fraction of sp³-hybridized carbons (Fsp3) is 0.333. The smallest absolute Gasteiger partial charge is 0.281 e. The van der Waals surface area contributed by atoms with Gasteiger partial charge >= 0.3 is 0 Å². The second-order valence-corrected chi connectivity index (χ2v) is 7.36. The van der Waals surface area contributed by atoms with Crippen molar-refractivity contribution in [1.82, 2.24) is 9.88 Å². The minimum atomic E-state index is -0.166. The molecule has 0 spiro atoms. The SMILES string of the molecule is CC(=O)Nc1ccc2nc(NC(=O)CCN3CCSC3=O)sc2c1. The van der Waals surface area contributed by atoms with Crippen LogP contribution in [0.25, 0.3) is 10.2 Å². The highest BCUT2D eigenvalue weighted by atomic mass is 32.2. The zero-order chi connectivity index (χ0) is 17.1. The molecule has 3 rings (SSSR count). The molecule has 1 aromatic heterocycles. The molecule has 126 valence electrons. The summed E-state index contributed by atoms with van der Waals surface area (Å²) in [5.74, 6) is 0.484. The molecule has 0 atom stereocenters. The van der Waals surface area contributed by atoms with Gasteiger partial charge in [0, 0.05) is 37.9 Å². The van der Waals surface area contributed by atoms with Crippen LogP contribution < -0.4 is 10.6 Å². The molecule has 0 saturated carbocycles. The number of hydrogen-bond acceptors (Lipinski definition) is 6. The van der Waals surface area contributed by atoms with Gasteiger partial charge in [0.15, 0.2) is 5.13 Å². The van der Waals surface area contributed by atoms with Crippen LogP contribution in [0.15, 0.2) is 18.2 Å². The van der Waals surface area contributed by atoms with E-state index in [0.29, 0.717) is 23.9 Å². The molecule has 0 bridgehead atoms. The van der Waals surface area contributed by atoms with Gasteiger partial charge in [0.1, 0.15) is 0 Å². The zero-order valence-electron chi connectivity index (χ0n) is 13.0. The van der Waals surface area contributed by atoms with E-state index in [1.54, 1.807) is 17.0 Å². The lowest BCUT2D eigenvalue weighted by molar-refractivity contribution is -0.116. The number of amides is 3. The molecule has 3 amide bonds. The Morgan fingerprint density at radius 3 is 2.88 bits per heavy atom. The Labute approximate surface area is 146 Å². The summed E-state index contributed by atoms with van der Waals surface area (Å²) in [7, 11) is 0. The number of thiazole rings is 1. The first-order chi connectivity index (χ1) is 11.5. The lowest BCUT2D eigenvalue weighted by Crippen LogP contribution is -2.27. The molecule has 1 saturated heterocycles. The van der Waals surface area contributed by atoms with E-state index in [9.17, 15) is 14.4 Å². The molecular weight excluding hydrogens is 348 g/mol. The summed E-state index contributed by atoms with van der Waals surface area (Å²) in [6.07, 6.45) is 0.249. The largest absolute Gasteiger partial charge is 0.332 e. The van der Waals surface area contributed by atoms with Crippen LogP contribution in [0.2, 0.25) is 0 Å². The van der Waals surface area contributed by atoms with E-state index in [2.05, 4.69) is 15.6 Å². The van der Waals surface area contributed by atoms with E-state index in [4.69, 9.17) is 0 Å². The van der Waals surface area contributed by atoms with Gasteiger partial charge in [0.2, 0.25) is 11.8 Å². The number of thioether (sulfide) groups is 1. The Morgan fingerprint density at radius 2 is 2.17 bits per heavy atom. The van der Waals surface area contributed by atoms with Crippen molar-refractivity contribution in [2.45, 2.75) is 13.3 Å². The topological polar surface area (TPSA) is 91.4 Å². The lowest BCUT2D eigenvalue weighted by atomic mass is 10.3. The van der Waals surface area contributed by atoms with Gasteiger partial charge in [-0.25, -0.2) is 4.98 Å². The van der Waals surface area contributed by atoms with Crippen LogP contribution in [0.5, 0.6) is 0 Å². The number of anilines is 2. The zero-order valence-corrected chi connectivity index (χ0v) is 14.6. The fourth-order valence-electron chi connectivity index (χ4n) is 2.31. The Bertz CT molecular complexity index is 805. The monoisotopic (exact) mass is 364 g/mol. The van der Waals surface area contributed by atoms with E-state index < -0.39 is 0 Å². The van der Waals surface area contributed by atoms with Crippen molar-refractivity contribution in [1.29, 1.82) is 0 Å². The molecule has 1 aliphatic rings. The summed E-state index contributed by atoms with van der Waals surface area (Å²) in [6, 6.07) is 5.39. The van der Waals surface area contributed by atoms with E-state index in [1.807, 2.05) is 6.07 Å². The number of aromatic nitrogens is 1. The summed E-state index contributed by atoms with van der Waals surface area (Å²) in [4.78, 5) is 40.6. The first kappa shape index (κ1) is 16.7. The second-order valence-electron chi connectivity index (χ2n) is 5.28. The van der Waals surface area contributed by atoms with Crippen molar-refractivity contribution in [3.63, 3.8) is 0 Å². The third kappa shape index (κ3) is 4.04. The number of benzene rings is 1. The summed E-state index contributed by atoms with van der Waals surface area (Å²) in [6.45, 7) is 2.57. The summed E-state index contributed by atoms with van der Waals surface area (Å²) in [5, 5.41) is 6.03. The number of carbonyl (C=O) groups is 3. The minimum absolute atomic E-state index is 0.0355. The molecule has 7 nitrogen and oxygen atoms in total. The highest BCUT2D eigenvalue weighted by molar-refractivity contribution is 8.13. The Kier molecular flexibility index (Phi) is 5.00. The van der Waals surface area contributed by atoms with Gasteiger partial charge in [0.05, 0.1) is 10.2 Å². The number of fused-ring (bicyclic) bond motifs is 1. The van der Waals surface area contributed by atoms with E-state index in [0.717, 1.165) is 16.0 Å². The average Bonchev–Trinajstić information content (AvgIpc) is 3.09. The minimum Gasteiger partial charge on any atom is -0.332 e. The van der Waals surface area contributed by atoms with Crippen LogP contribution in [0.1, 0.15) is 13.3 Å². The standard InChI is InChI=1S/C15H16N4O3S2/c1-9(20)16-10-2-3-11-12(8-10)24-14(17-11)18-13(21)4-5-19-6-7-23-15(19)22/h2-3,8H,4-7H2,1H3,(H,16,20)(H,17,18,21). The van der Waals surface area contributed by atoms with Crippen LogP contribution in [-0.2, 0) is 9.59 Å². The molecule has 1 aliphatic heterocycles. The highest BCUT2D eigenvalue weighted by Crippen LogP contribution is 2.28. The first-order valence-corrected chi connectivity index (χ1v) is 9.21. The number of nitrogens with zero attached hydrogens (tertiary/aromatic N) is 2. The van der Waals surface area contributed by atoms with Crippen LogP contribution in [-0.4, -0.2) is 45.8 Å². The van der Waals surface area contributed by atoms with Gasteiger partial charge in [0.25, 0.3) is 5.24 Å². The molecule has 0 aliphatic carbocycles. The molecule has 2 N–H and O–H groups in total. The number of rotatable bonds is 5. The van der Waals surface area contributed by atoms with E-state index in [-0.39, 0.29) is 23.5 Å². The maximum atomic E-state index is 12.0. The van der Waals surface area contributed by atoms with Gasteiger partial charge in [-0.3, -0.25) is 14.4 Å². The maximum Gasteiger partial charge on any atom is 0.281 e. The van der Waals surface area contributed by atoms with Gasteiger partial charge < -0.3 is 15.5 Å². The molecular formula is C15H16N4O3S2. The van der Waals surface area contributed by atoms with E-state index in [1.165, 1.54) is 30.0 Å².